The van der Waals surface area contributed by atoms with E-state index < -0.39 is 0 Å². The Bertz CT molecular complexity index is 847. The fraction of sp³-hybridized carbons (Fsp3) is 0.353. The zero-order valence-corrected chi connectivity index (χ0v) is 14.4. The molecule has 7 heteroatoms. The van der Waals surface area contributed by atoms with Gasteiger partial charge in [0.15, 0.2) is 5.65 Å². The molecule has 0 aliphatic carbocycles. The largest absolute Gasteiger partial charge is 0.383 e. The monoisotopic (exact) mass is 340 g/mol. The Balaban J connectivity index is 1.45. The maximum Gasteiger partial charge on any atom is 0.229 e. The summed E-state index contributed by atoms with van der Waals surface area (Å²) in [7, 11) is 1.88. The van der Waals surface area contributed by atoms with Gasteiger partial charge in [-0.1, -0.05) is 18.2 Å². The Morgan fingerprint density at radius 3 is 2.92 bits per heavy atom. The maximum absolute atomic E-state index is 6.07. The van der Waals surface area contributed by atoms with Crippen molar-refractivity contribution in [1.82, 2.24) is 19.7 Å². The first kappa shape index (κ1) is 15.3. The molecule has 0 radical (unpaired) electrons. The fourth-order valence-electron chi connectivity index (χ4n) is 3.05. The molecule has 1 saturated heterocycles. The van der Waals surface area contributed by atoms with E-state index >= 15 is 0 Å². The van der Waals surface area contributed by atoms with Gasteiger partial charge in [0.1, 0.15) is 5.82 Å². The number of hydrogen-bond donors (Lipinski definition) is 1. The normalized spacial score (nSPS) is 17.7. The molecule has 2 N–H and O–H groups in total. The van der Waals surface area contributed by atoms with Gasteiger partial charge in [0.2, 0.25) is 5.95 Å². The van der Waals surface area contributed by atoms with Gasteiger partial charge in [0.25, 0.3) is 0 Å². The van der Waals surface area contributed by atoms with E-state index in [1.165, 1.54) is 4.90 Å². The SMILES string of the molecule is Cn1ncc2c(N)nc(N3CC[C@H](CSc4ccccc4)C3)nc21. The molecule has 0 unspecified atom stereocenters. The third kappa shape index (κ3) is 2.91. The summed E-state index contributed by atoms with van der Waals surface area (Å²) in [6.07, 6.45) is 2.88. The molecule has 1 aromatic carbocycles. The molecule has 1 atom stereocenters. The smallest absolute Gasteiger partial charge is 0.229 e. The van der Waals surface area contributed by atoms with E-state index in [9.17, 15) is 0 Å². The Kier molecular flexibility index (Phi) is 4.02. The Morgan fingerprint density at radius 1 is 1.25 bits per heavy atom. The van der Waals surface area contributed by atoms with Crippen molar-refractivity contribution in [2.45, 2.75) is 11.3 Å². The van der Waals surface area contributed by atoms with Crippen molar-refractivity contribution in [3.8, 4) is 0 Å². The van der Waals surface area contributed by atoms with Crippen LogP contribution in [0, 0.1) is 5.92 Å². The van der Waals surface area contributed by atoms with Crippen LogP contribution in [-0.2, 0) is 7.05 Å². The molecule has 0 saturated carbocycles. The third-order valence-electron chi connectivity index (χ3n) is 4.41. The van der Waals surface area contributed by atoms with E-state index in [2.05, 4.69) is 50.3 Å². The standard InChI is InChI=1S/C17H20N6S/c1-22-16-14(9-19-22)15(18)20-17(21-16)23-8-7-12(10-23)11-24-13-5-3-2-4-6-13/h2-6,9,12H,7-8,10-11H2,1H3,(H2,18,20,21)/t12-/m0/s1. The van der Waals surface area contributed by atoms with Gasteiger partial charge < -0.3 is 10.6 Å². The van der Waals surface area contributed by atoms with Crippen LogP contribution in [0.4, 0.5) is 11.8 Å². The molecular formula is C17H20N6S. The quantitative estimate of drug-likeness (QED) is 0.736. The minimum atomic E-state index is 0.505. The average Bonchev–Trinajstić information content (AvgIpc) is 3.22. The number of aromatic nitrogens is 4. The van der Waals surface area contributed by atoms with Crippen molar-refractivity contribution >= 4 is 34.6 Å². The van der Waals surface area contributed by atoms with Crippen LogP contribution in [0.2, 0.25) is 0 Å². The summed E-state index contributed by atoms with van der Waals surface area (Å²) in [6, 6.07) is 10.6. The molecule has 6 nitrogen and oxygen atoms in total. The molecule has 4 rings (SSSR count). The lowest BCUT2D eigenvalue weighted by atomic mass is 10.2. The van der Waals surface area contributed by atoms with Gasteiger partial charge in [0.05, 0.1) is 11.6 Å². The zero-order chi connectivity index (χ0) is 16.5. The molecule has 0 amide bonds. The molecule has 0 bridgehead atoms. The lowest BCUT2D eigenvalue weighted by Gasteiger charge is -2.17. The van der Waals surface area contributed by atoms with Crippen molar-refractivity contribution in [3.05, 3.63) is 36.5 Å². The number of hydrogen-bond acceptors (Lipinski definition) is 6. The highest BCUT2D eigenvalue weighted by Crippen LogP contribution is 2.29. The Hall–Kier alpha value is -2.28. The summed E-state index contributed by atoms with van der Waals surface area (Å²) in [5.74, 6) is 2.98. The average molecular weight is 340 g/mol. The van der Waals surface area contributed by atoms with Crippen LogP contribution in [-0.4, -0.2) is 38.6 Å². The second-order valence-electron chi connectivity index (χ2n) is 6.14. The van der Waals surface area contributed by atoms with Crippen LogP contribution >= 0.6 is 11.8 Å². The van der Waals surface area contributed by atoms with Crippen LogP contribution in [0.1, 0.15) is 6.42 Å². The van der Waals surface area contributed by atoms with Gasteiger partial charge >= 0.3 is 0 Å². The second-order valence-corrected chi connectivity index (χ2v) is 7.23. The van der Waals surface area contributed by atoms with Crippen LogP contribution in [0.15, 0.2) is 41.4 Å². The minimum absolute atomic E-state index is 0.505. The second kappa shape index (κ2) is 6.32. The van der Waals surface area contributed by atoms with Gasteiger partial charge in [-0.15, -0.1) is 11.8 Å². The summed E-state index contributed by atoms with van der Waals surface area (Å²) < 4.78 is 1.75. The number of thioether (sulfide) groups is 1. The number of nitrogens with zero attached hydrogens (tertiary/aromatic N) is 5. The number of fused-ring (bicyclic) bond motifs is 1. The number of anilines is 2. The van der Waals surface area contributed by atoms with Crippen molar-refractivity contribution < 1.29 is 0 Å². The molecular weight excluding hydrogens is 320 g/mol. The van der Waals surface area contributed by atoms with Crippen LogP contribution < -0.4 is 10.6 Å². The molecule has 1 aliphatic heterocycles. The van der Waals surface area contributed by atoms with E-state index in [0.717, 1.165) is 42.2 Å². The predicted molar refractivity (Wildman–Crippen MR) is 98.2 cm³/mol. The molecule has 124 valence electrons. The number of nitrogens with two attached hydrogens (primary N) is 1. The van der Waals surface area contributed by atoms with Crippen LogP contribution in [0.25, 0.3) is 11.0 Å². The topological polar surface area (TPSA) is 72.9 Å². The predicted octanol–water partition coefficient (Wildman–Crippen LogP) is 2.56. The number of benzene rings is 1. The molecule has 3 heterocycles. The van der Waals surface area contributed by atoms with E-state index in [0.29, 0.717) is 11.7 Å². The lowest BCUT2D eigenvalue weighted by Crippen LogP contribution is -2.23. The first-order chi connectivity index (χ1) is 11.7. The van der Waals surface area contributed by atoms with Crippen molar-refractivity contribution in [2.24, 2.45) is 13.0 Å². The highest BCUT2D eigenvalue weighted by Gasteiger charge is 2.25. The van der Waals surface area contributed by atoms with Gasteiger partial charge in [-0.2, -0.15) is 15.1 Å². The highest BCUT2D eigenvalue weighted by atomic mass is 32.2. The van der Waals surface area contributed by atoms with Crippen LogP contribution in [0.3, 0.4) is 0 Å². The molecule has 0 spiro atoms. The number of aryl methyl sites for hydroxylation is 1. The molecule has 2 aromatic heterocycles. The maximum atomic E-state index is 6.07. The van der Waals surface area contributed by atoms with E-state index in [1.807, 2.05) is 18.8 Å². The fourth-order valence-corrected chi connectivity index (χ4v) is 4.10. The molecule has 3 aromatic rings. The van der Waals surface area contributed by atoms with Crippen LogP contribution in [0.5, 0.6) is 0 Å². The first-order valence-electron chi connectivity index (χ1n) is 8.09. The van der Waals surface area contributed by atoms with Gasteiger partial charge in [0, 0.05) is 30.8 Å². The molecule has 1 aliphatic rings. The van der Waals surface area contributed by atoms with Gasteiger partial charge in [-0.25, -0.2) is 0 Å². The van der Waals surface area contributed by atoms with Crippen molar-refractivity contribution in [3.63, 3.8) is 0 Å². The summed E-state index contributed by atoms with van der Waals surface area (Å²) in [5.41, 5.74) is 6.86. The summed E-state index contributed by atoms with van der Waals surface area (Å²) in [6.45, 7) is 1.95. The Morgan fingerprint density at radius 2 is 2.08 bits per heavy atom. The first-order valence-corrected chi connectivity index (χ1v) is 9.07. The molecule has 1 fully saturated rings. The van der Waals surface area contributed by atoms with Gasteiger partial charge in [-0.05, 0) is 24.5 Å². The van der Waals surface area contributed by atoms with E-state index in [4.69, 9.17) is 5.73 Å². The minimum Gasteiger partial charge on any atom is -0.383 e. The van der Waals surface area contributed by atoms with E-state index in [1.54, 1.807) is 10.9 Å². The molecule has 24 heavy (non-hydrogen) atoms. The van der Waals surface area contributed by atoms with E-state index in [-0.39, 0.29) is 0 Å². The summed E-state index contributed by atoms with van der Waals surface area (Å²) in [5, 5.41) is 5.03. The summed E-state index contributed by atoms with van der Waals surface area (Å²) >= 11 is 1.92. The number of rotatable bonds is 4. The highest BCUT2D eigenvalue weighted by molar-refractivity contribution is 7.99. The third-order valence-corrected chi connectivity index (χ3v) is 5.65. The lowest BCUT2D eigenvalue weighted by molar-refractivity contribution is 0.670. The van der Waals surface area contributed by atoms with Crippen molar-refractivity contribution in [1.29, 1.82) is 0 Å². The zero-order valence-electron chi connectivity index (χ0n) is 13.6. The summed E-state index contributed by atoms with van der Waals surface area (Å²) in [4.78, 5) is 12.7. The van der Waals surface area contributed by atoms with Crippen molar-refractivity contribution in [2.75, 3.05) is 29.5 Å². The Labute approximate surface area is 145 Å². The van der Waals surface area contributed by atoms with Gasteiger partial charge in [-0.3, -0.25) is 4.68 Å². The number of nitrogen functional groups attached to an aromatic ring is 1.